The van der Waals surface area contributed by atoms with Gasteiger partial charge in [-0.2, -0.15) is 0 Å². The summed E-state index contributed by atoms with van der Waals surface area (Å²) in [7, 11) is 0. The van der Waals surface area contributed by atoms with E-state index >= 15 is 0 Å². The van der Waals surface area contributed by atoms with Crippen molar-refractivity contribution in [1.82, 2.24) is 15.2 Å². The van der Waals surface area contributed by atoms with Gasteiger partial charge in [-0.15, -0.1) is 0 Å². The summed E-state index contributed by atoms with van der Waals surface area (Å²) < 4.78 is 5.61. The molecule has 0 atom stereocenters. The number of nitrogens with one attached hydrogen (secondary N) is 2. The predicted octanol–water partition coefficient (Wildman–Crippen LogP) is 5.36. The molecule has 2 aromatic carbocycles. The maximum atomic E-state index is 13.8. The van der Waals surface area contributed by atoms with Gasteiger partial charge in [-0.25, -0.2) is 4.79 Å². The van der Waals surface area contributed by atoms with Crippen LogP contribution in [0.15, 0.2) is 54.7 Å². The summed E-state index contributed by atoms with van der Waals surface area (Å²) >= 11 is 0. The molecule has 1 fully saturated rings. The lowest BCUT2D eigenvalue weighted by molar-refractivity contribution is -0.140. The SMILES string of the molecule is CC(C)OC(=O)C1=CN(C(=O)c2ccc(C3CCNCC3)cc2)CC(C)(C)c2c1[nH]c1ccccc21. The number of para-hydroxylation sites is 1. The third kappa shape index (κ3) is 4.58. The molecule has 2 aliphatic heterocycles. The molecule has 5 rings (SSSR count). The van der Waals surface area contributed by atoms with E-state index in [4.69, 9.17) is 4.74 Å². The molecule has 0 unspecified atom stereocenters. The molecule has 2 N–H and O–H groups in total. The van der Waals surface area contributed by atoms with Gasteiger partial charge in [0.25, 0.3) is 5.91 Å². The van der Waals surface area contributed by atoms with Crippen molar-refractivity contribution in [3.05, 3.63) is 77.1 Å². The molecule has 1 saturated heterocycles. The van der Waals surface area contributed by atoms with Gasteiger partial charge in [0.15, 0.2) is 0 Å². The number of rotatable bonds is 4. The number of benzene rings is 2. The largest absolute Gasteiger partial charge is 0.459 e. The maximum absolute atomic E-state index is 13.8. The standard InChI is InChI=1S/C30H35N3O3/c1-19(2)36-29(35)24-17-33(18-30(3,4)26-23-7-5-6-8-25(23)32-27(24)26)28(34)22-11-9-20(10-12-22)21-13-15-31-16-14-21/h5-12,17,19,21,31-32H,13-16,18H2,1-4H3. The topological polar surface area (TPSA) is 74.4 Å². The highest BCUT2D eigenvalue weighted by molar-refractivity contribution is 6.18. The number of aromatic amines is 1. The smallest absolute Gasteiger partial charge is 0.342 e. The summed E-state index contributed by atoms with van der Waals surface area (Å²) in [6.45, 7) is 10.4. The fraction of sp³-hybridized carbons (Fsp3) is 0.400. The Hall–Kier alpha value is -3.38. The Balaban J connectivity index is 1.54. The van der Waals surface area contributed by atoms with E-state index in [2.05, 4.69) is 42.3 Å². The Morgan fingerprint density at radius 3 is 2.42 bits per heavy atom. The molecule has 1 aromatic heterocycles. The zero-order chi connectivity index (χ0) is 25.4. The Morgan fingerprint density at radius 2 is 1.72 bits per heavy atom. The van der Waals surface area contributed by atoms with E-state index < -0.39 is 11.4 Å². The Kier molecular flexibility index (Phi) is 6.47. The average Bonchev–Trinajstić information content (AvgIpc) is 3.21. The second-order valence-electron chi connectivity index (χ2n) is 10.9. The monoisotopic (exact) mass is 485 g/mol. The number of ether oxygens (including phenoxy) is 1. The fourth-order valence-electron chi connectivity index (χ4n) is 5.60. The van der Waals surface area contributed by atoms with Crippen LogP contribution < -0.4 is 5.32 Å². The lowest BCUT2D eigenvalue weighted by Gasteiger charge is -2.30. The molecule has 1 amide bonds. The minimum atomic E-state index is -0.436. The third-order valence-corrected chi connectivity index (χ3v) is 7.29. The molecule has 3 heterocycles. The van der Waals surface area contributed by atoms with Crippen molar-refractivity contribution in [3.63, 3.8) is 0 Å². The molecular formula is C30H35N3O3. The number of aromatic nitrogens is 1. The van der Waals surface area contributed by atoms with E-state index in [1.807, 2.05) is 44.2 Å². The van der Waals surface area contributed by atoms with Gasteiger partial charge < -0.3 is 19.9 Å². The van der Waals surface area contributed by atoms with Crippen molar-refractivity contribution in [1.29, 1.82) is 0 Å². The van der Waals surface area contributed by atoms with Gasteiger partial charge in [0.05, 0.1) is 17.4 Å². The highest BCUT2D eigenvalue weighted by Gasteiger charge is 2.37. The summed E-state index contributed by atoms with van der Waals surface area (Å²) in [4.78, 5) is 32.2. The predicted molar refractivity (Wildman–Crippen MR) is 143 cm³/mol. The lowest BCUT2D eigenvalue weighted by atomic mass is 9.81. The second-order valence-corrected chi connectivity index (χ2v) is 10.9. The number of carbonyl (C=O) groups is 2. The van der Waals surface area contributed by atoms with Gasteiger partial charge in [-0.1, -0.05) is 44.2 Å². The molecule has 0 bridgehead atoms. The number of amides is 1. The first-order valence-corrected chi connectivity index (χ1v) is 12.9. The summed E-state index contributed by atoms with van der Waals surface area (Å²) in [5.74, 6) is -0.0260. The first kappa shape index (κ1) is 24.3. The second kappa shape index (κ2) is 9.58. The molecule has 2 aliphatic rings. The molecule has 0 radical (unpaired) electrons. The zero-order valence-corrected chi connectivity index (χ0v) is 21.6. The summed E-state index contributed by atoms with van der Waals surface area (Å²) in [6, 6.07) is 16.1. The van der Waals surface area contributed by atoms with Crippen LogP contribution in [0.5, 0.6) is 0 Å². The molecular weight excluding hydrogens is 450 g/mol. The first-order chi connectivity index (χ1) is 17.2. The van der Waals surface area contributed by atoms with Crippen molar-refractivity contribution >= 4 is 28.4 Å². The fourth-order valence-corrected chi connectivity index (χ4v) is 5.60. The highest BCUT2D eigenvalue weighted by Crippen LogP contribution is 2.40. The Bertz CT molecular complexity index is 1310. The Morgan fingerprint density at radius 1 is 1.03 bits per heavy atom. The van der Waals surface area contributed by atoms with Crippen LogP contribution in [0, 0.1) is 0 Å². The molecule has 3 aromatic rings. The molecule has 0 aliphatic carbocycles. The van der Waals surface area contributed by atoms with Gasteiger partial charge in [-0.3, -0.25) is 4.79 Å². The van der Waals surface area contributed by atoms with E-state index in [0.717, 1.165) is 48.1 Å². The van der Waals surface area contributed by atoms with Crippen LogP contribution in [0.25, 0.3) is 16.5 Å². The highest BCUT2D eigenvalue weighted by atomic mass is 16.5. The Labute approximate surface area is 212 Å². The van der Waals surface area contributed by atoms with E-state index in [1.165, 1.54) is 5.56 Å². The number of fused-ring (bicyclic) bond motifs is 3. The third-order valence-electron chi connectivity index (χ3n) is 7.29. The number of carbonyl (C=O) groups excluding carboxylic acids is 2. The minimum Gasteiger partial charge on any atom is -0.459 e. The van der Waals surface area contributed by atoms with Crippen LogP contribution in [0.1, 0.15) is 73.6 Å². The maximum Gasteiger partial charge on any atom is 0.342 e. The van der Waals surface area contributed by atoms with E-state index in [-0.39, 0.29) is 12.0 Å². The molecule has 6 nitrogen and oxygen atoms in total. The quantitative estimate of drug-likeness (QED) is 0.488. The van der Waals surface area contributed by atoms with Crippen LogP contribution in [0.3, 0.4) is 0 Å². The van der Waals surface area contributed by atoms with Crippen molar-refractivity contribution in [3.8, 4) is 0 Å². The van der Waals surface area contributed by atoms with Gasteiger partial charge in [0.2, 0.25) is 0 Å². The van der Waals surface area contributed by atoms with Crippen LogP contribution in [-0.4, -0.2) is 47.5 Å². The lowest BCUT2D eigenvalue weighted by Crippen LogP contribution is -2.37. The van der Waals surface area contributed by atoms with Crippen LogP contribution in [0.2, 0.25) is 0 Å². The van der Waals surface area contributed by atoms with Gasteiger partial charge in [0.1, 0.15) is 0 Å². The van der Waals surface area contributed by atoms with Crippen LogP contribution in [-0.2, 0) is 14.9 Å². The molecule has 36 heavy (non-hydrogen) atoms. The van der Waals surface area contributed by atoms with E-state index in [1.54, 1.807) is 11.1 Å². The van der Waals surface area contributed by atoms with Crippen LogP contribution >= 0.6 is 0 Å². The zero-order valence-electron chi connectivity index (χ0n) is 21.6. The molecule has 188 valence electrons. The normalized spacial score (nSPS) is 18.0. The first-order valence-electron chi connectivity index (χ1n) is 12.9. The number of hydrogen-bond donors (Lipinski definition) is 2. The van der Waals surface area contributed by atoms with Gasteiger partial charge >= 0.3 is 5.97 Å². The van der Waals surface area contributed by atoms with E-state index in [0.29, 0.717) is 23.6 Å². The van der Waals surface area contributed by atoms with Gasteiger partial charge in [0, 0.05) is 34.6 Å². The van der Waals surface area contributed by atoms with Crippen molar-refractivity contribution in [2.75, 3.05) is 19.6 Å². The molecule has 6 heteroatoms. The van der Waals surface area contributed by atoms with Crippen LogP contribution in [0.4, 0.5) is 0 Å². The number of nitrogens with zero attached hydrogens (tertiary/aromatic N) is 1. The minimum absolute atomic E-state index is 0.121. The number of esters is 1. The average molecular weight is 486 g/mol. The number of piperidine rings is 1. The number of hydrogen-bond acceptors (Lipinski definition) is 4. The number of H-pyrrole nitrogens is 1. The van der Waals surface area contributed by atoms with E-state index in [9.17, 15) is 9.59 Å². The molecule has 0 saturated carbocycles. The van der Waals surface area contributed by atoms with Gasteiger partial charge in [-0.05, 0) is 75.0 Å². The van der Waals surface area contributed by atoms with Crippen molar-refractivity contribution in [2.45, 2.75) is 58.0 Å². The summed E-state index contributed by atoms with van der Waals surface area (Å²) in [5, 5.41) is 4.46. The van der Waals surface area contributed by atoms with Crippen molar-refractivity contribution < 1.29 is 14.3 Å². The summed E-state index contributed by atoms with van der Waals surface area (Å²) in [6.07, 6.45) is 3.64. The summed E-state index contributed by atoms with van der Waals surface area (Å²) in [5.41, 5.74) is 4.59. The molecule has 0 spiro atoms. The van der Waals surface area contributed by atoms with Crippen molar-refractivity contribution in [2.24, 2.45) is 0 Å².